The minimum absolute atomic E-state index is 0.226. The number of esters is 1. The van der Waals surface area contributed by atoms with Gasteiger partial charge in [0.05, 0.1) is 25.4 Å². The number of halogens is 1. The van der Waals surface area contributed by atoms with Gasteiger partial charge in [0.25, 0.3) is 0 Å². The van der Waals surface area contributed by atoms with Crippen LogP contribution >= 0.6 is 0 Å². The Morgan fingerprint density at radius 2 is 1.71 bits per heavy atom. The standard InChI is InChI=1S/C23H35FO4/c1-3-5-7-8-9-10-14-26-22(25)19-12-13-20(21(24)15-19)23-27-16-18(17-28-23)11-6-4-2/h12-13,15,18,23H,3-11,14,16-17H2,1-2H3. The predicted octanol–water partition coefficient (Wildman–Crippen LogP) is 6.19. The zero-order chi connectivity index (χ0) is 20.2. The Morgan fingerprint density at radius 3 is 2.39 bits per heavy atom. The monoisotopic (exact) mass is 394 g/mol. The summed E-state index contributed by atoms with van der Waals surface area (Å²) in [6, 6.07) is 4.36. The van der Waals surface area contributed by atoms with Crippen molar-refractivity contribution >= 4 is 5.97 Å². The van der Waals surface area contributed by atoms with Crippen LogP contribution in [0.4, 0.5) is 4.39 Å². The fourth-order valence-electron chi connectivity index (χ4n) is 3.36. The van der Waals surface area contributed by atoms with E-state index in [1.807, 2.05) is 0 Å². The van der Waals surface area contributed by atoms with Crippen LogP contribution in [-0.2, 0) is 14.2 Å². The van der Waals surface area contributed by atoms with Gasteiger partial charge in [0, 0.05) is 11.5 Å². The lowest BCUT2D eigenvalue weighted by atomic mass is 10.0. The summed E-state index contributed by atoms with van der Waals surface area (Å²) in [5.74, 6) is -0.606. The van der Waals surface area contributed by atoms with Crippen molar-refractivity contribution < 1.29 is 23.4 Å². The minimum atomic E-state index is -0.703. The molecule has 1 aliphatic rings. The Morgan fingerprint density at radius 1 is 1.04 bits per heavy atom. The summed E-state index contributed by atoms with van der Waals surface area (Å²) in [5.41, 5.74) is 0.560. The van der Waals surface area contributed by atoms with Gasteiger partial charge in [-0.3, -0.25) is 0 Å². The fourth-order valence-corrected chi connectivity index (χ4v) is 3.36. The van der Waals surface area contributed by atoms with E-state index in [-0.39, 0.29) is 5.56 Å². The molecule has 1 aromatic rings. The number of benzene rings is 1. The SMILES string of the molecule is CCCCCCCCOC(=O)c1ccc(C2OCC(CCCC)CO2)c(F)c1. The van der Waals surface area contributed by atoms with Crippen LogP contribution in [0.2, 0.25) is 0 Å². The van der Waals surface area contributed by atoms with E-state index in [9.17, 15) is 9.18 Å². The first kappa shape index (κ1) is 22.8. The fraction of sp³-hybridized carbons (Fsp3) is 0.696. The highest BCUT2D eigenvalue weighted by molar-refractivity contribution is 5.89. The van der Waals surface area contributed by atoms with Gasteiger partial charge in [-0.2, -0.15) is 0 Å². The summed E-state index contributed by atoms with van der Waals surface area (Å²) in [5, 5.41) is 0. The Labute approximate surface area is 168 Å². The largest absolute Gasteiger partial charge is 0.462 e. The summed E-state index contributed by atoms with van der Waals surface area (Å²) in [7, 11) is 0. The Balaban J connectivity index is 1.76. The molecule has 2 rings (SSSR count). The summed E-state index contributed by atoms with van der Waals surface area (Å²) in [6.07, 6.45) is 9.40. The lowest BCUT2D eigenvalue weighted by Crippen LogP contribution is -2.27. The molecule has 1 saturated heterocycles. The molecule has 1 heterocycles. The number of unbranched alkanes of at least 4 members (excludes halogenated alkanes) is 6. The smallest absolute Gasteiger partial charge is 0.338 e. The highest BCUT2D eigenvalue weighted by Crippen LogP contribution is 2.29. The molecule has 0 aromatic heterocycles. The first-order valence-corrected chi connectivity index (χ1v) is 10.9. The van der Waals surface area contributed by atoms with Gasteiger partial charge in [-0.15, -0.1) is 0 Å². The Bertz CT molecular complexity index is 582. The van der Waals surface area contributed by atoms with E-state index >= 15 is 0 Å². The average molecular weight is 395 g/mol. The second-order valence-electron chi connectivity index (χ2n) is 7.65. The molecule has 4 nitrogen and oxygen atoms in total. The maximum atomic E-state index is 14.5. The van der Waals surface area contributed by atoms with Crippen molar-refractivity contribution in [3.05, 3.63) is 35.1 Å². The number of hydrogen-bond acceptors (Lipinski definition) is 4. The van der Waals surface area contributed by atoms with E-state index < -0.39 is 18.1 Å². The lowest BCUT2D eigenvalue weighted by molar-refractivity contribution is -0.207. The topological polar surface area (TPSA) is 44.8 Å². The van der Waals surface area contributed by atoms with E-state index in [1.54, 1.807) is 12.1 Å². The van der Waals surface area contributed by atoms with Crippen LogP contribution in [0.1, 0.15) is 93.8 Å². The molecule has 0 aliphatic carbocycles. The van der Waals surface area contributed by atoms with E-state index in [0.717, 1.165) is 38.5 Å². The van der Waals surface area contributed by atoms with Crippen molar-refractivity contribution in [3.63, 3.8) is 0 Å². The summed E-state index contributed by atoms with van der Waals surface area (Å²) in [4.78, 5) is 12.1. The van der Waals surface area contributed by atoms with Crippen molar-refractivity contribution in [1.29, 1.82) is 0 Å². The van der Waals surface area contributed by atoms with E-state index in [4.69, 9.17) is 14.2 Å². The van der Waals surface area contributed by atoms with Crippen molar-refractivity contribution in [2.45, 2.75) is 77.9 Å². The number of carbonyl (C=O) groups excluding carboxylic acids is 1. The molecule has 0 unspecified atom stereocenters. The van der Waals surface area contributed by atoms with Crippen molar-refractivity contribution in [2.75, 3.05) is 19.8 Å². The molecule has 0 spiro atoms. The van der Waals surface area contributed by atoms with Crippen molar-refractivity contribution in [1.82, 2.24) is 0 Å². The van der Waals surface area contributed by atoms with Gasteiger partial charge in [0.15, 0.2) is 6.29 Å². The quantitative estimate of drug-likeness (QED) is 0.313. The van der Waals surface area contributed by atoms with Gasteiger partial charge < -0.3 is 14.2 Å². The zero-order valence-corrected chi connectivity index (χ0v) is 17.4. The van der Waals surface area contributed by atoms with Gasteiger partial charge in [0.1, 0.15) is 5.82 Å². The maximum absolute atomic E-state index is 14.5. The molecule has 0 atom stereocenters. The molecule has 1 aliphatic heterocycles. The average Bonchev–Trinajstić information content (AvgIpc) is 2.72. The van der Waals surface area contributed by atoms with Crippen LogP contribution in [-0.4, -0.2) is 25.8 Å². The molecule has 1 aromatic carbocycles. The van der Waals surface area contributed by atoms with Crippen molar-refractivity contribution in [3.8, 4) is 0 Å². The second kappa shape index (κ2) is 12.9. The molecule has 0 N–H and O–H groups in total. The van der Waals surface area contributed by atoms with Gasteiger partial charge in [0.2, 0.25) is 0 Å². The van der Waals surface area contributed by atoms with Crippen LogP contribution in [0.15, 0.2) is 18.2 Å². The summed E-state index contributed by atoms with van der Waals surface area (Å²) >= 11 is 0. The summed E-state index contributed by atoms with van der Waals surface area (Å²) in [6.45, 7) is 5.87. The molecule has 0 amide bonds. The predicted molar refractivity (Wildman–Crippen MR) is 108 cm³/mol. The molecule has 0 saturated carbocycles. The van der Waals surface area contributed by atoms with Crippen molar-refractivity contribution in [2.24, 2.45) is 5.92 Å². The van der Waals surface area contributed by atoms with E-state index in [1.165, 1.54) is 25.3 Å². The van der Waals surface area contributed by atoms with Gasteiger partial charge in [-0.1, -0.05) is 64.9 Å². The molecular formula is C23H35FO4. The van der Waals surface area contributed by atoms with Crippen LogP contribution < -0.4 is 0 Å². The lowest BCUT2D eigenvalue weighted by Gasteiger charge is -2.29. The maximum Gasteiger partial charge on any atom is 0.338 e. The van der Waals surface area contributed by atoms with Gasteiger partial charge in [-0.05, 0) is 25.0 Å². The second-order valence-corrected chi connectivity index (χ2v) is 7.65. The highest BCUT2D eigenvalue weighted by Gasteiger charge is 2.26. The normalized spacial score (nSPS) is 19.5. The van der Waals surface area contributed by atoms with Gasteiger partial charge >= 0.3 is 5.97 Å². The number of carbonyl (C=O) groups is 1. The first-order valence-electron chi connectivity index (χ1n) is 10.9. The number of rotatable bonds is 12. The zero-order valence-electron chi connectivity index (χ0n) is 17.4. The highest BCUT2D eigenvalue weighted by atomic mass is 19.1. The van der Waals surface area contributed by atoms with Gasteiger partial charge in [-0.25, -0.2) is 9.18 Å². The molecule has 158 valence electrons. The first-order chi connectivity index (χ1) is 13.7. The Hall–Kier alpha value is -1.46. The minimum Gasteiger partial charge on any atom is -0.462 e. The van der Waals surface area contributed by atoms with E-state index in [0.29, 0.717) is 31.3 Å². The Kier molecular flexibility index (Phi) is 10.5. The number of hydrogen-bond donors (Lipinski definition) is 0. The van der Waals surface area contributed by atoms with Crippen LogP contribution in [0.25, 0.3) is 0 Å². The van der Waals surface area contributed by atoms with Crippen LogP contribution in [0, 0.1) is 11.7 Å². The third-order valence-corrected chi connectivity index (χ3v) is 5.15. The molecule has 1 fully saturated rings. The van der Waals surface area contributed by atoms with Crippen LogP contribution in [0.5, 0.6) is 0 Å². The molecule has 28 heavy (non-hydrogen) atoms. The summed E-state index contributed by atoms with van der Waals surface area (Å²) < 4.78 is 31.1. The number of ether oxygens (including phenoxy) is 3. The van der Waals surface area contributed by atoms with Crippen LogP contribution in [0.3, 0.4) is 0 Å². The third kappa shape index (κ3) is 7.51. The molecule has 0 bridgehead atoms. The van der Waals surface area contributed by atoms with E-state index in [2.05, 4.69) is 13.8 Å². The molecule has 5 heteroatoms. The third-order valence-electron chi connectivity index (χ3n) is 5.15. The molecular weight excluding hydrogens is 359 g/mol. The molecule has 0 radical (unpaired) electrons.